The summed E-state index contributed by atoms with van der Waals surface area (Å²) in [6, 6.07) is 6.77. The summed E-state index contributed by atoms with van der Waals surface area (Å²) in [5, 5.41) is 0. The van der Waals surface area contributed by atoms with E-state index in [1.165, 1.54) is 62.5 Å². The first-order chi connectivity index (χ1) is 9.33. The van der Waals surface area contributed by atoms with E-state index in [2.05, 4.69) is 18.2 Å². The smallest absolute Gasteiger partial charge is 0.120 e. The Kier molecular flexibility index (Phi) is 4.07. The zero-order valence-corrected chi connectivity index (χ0v) is 11.7. The normalized spacial score (nSPS) is 24.6. The van der Waals surface area contributed by atoms with Crippen molar-refractivity contribution >= 4 is 0 Å². The molecule has 2 nitrogen and oxygen atoms in total. The largest absolute Gasteiger partial charge is 0.490 e. The van der Waals surface area contributed by atoms with Crippen LogP contribution in [0.4, 0.5) is 0 Å². The Morgan fingerprint density at radius 3 is 2.53 bits per heavy atom. The van der Waals surface area contributed by atoms with Gasteiger partial charge < -0.3 is 10.5 Å². The topological polar surface area (TPSA) is 35.2 Å². The molecule has 1 fully saturated rings. The monoisotopic (exact) mass is 259 g/mol. The third-order valence-corrected chi connectivity index (χ3v) is 4.58. The molecule has 0 spiro atoms. The predicted octanol–water partition coefficient (Wildman–Crippen LogP) is 4.12. The lowest BCUT2D eigenvalue weighted by Crippen LogP contribution is -2.19. The van der Waals surface area contributed by atoms with Crippen molar-refractivity contribution in [3.63, 3.8) is 0 Å². The Hall–Kier alpha value is -1.02. The lowest BCUT2D eigenvalue weighted by Gasteiger charge is -2.24. The van der Waals surface area contributed by atoms with E-state index in [4.69, 9.17) is 10.5 Å². The van der Waals surface area contributed by atoms with Gasteiger partial charge in [-0.3, -0.25) is 0 Å². The molecule has 1 aromatic rings. The van der Waals surface area contributed by atoms with Gasteiger partial charge in [-0.15, -0.1) is 0 Å². The molecule has 1 atom stereocenters. The predicted molar refractivity (Wildman–Crippen MR) is 78.4 cm³/mol. The highest BCUT2D eigenvalue weighted by molar-refractivity contribution is 5.39. The van der Waals surface area contributed by atoms with E-state index in [0.717, 1.165) is 12.2 Å². The fraction of sp³-hybridized carbons (Fsp3) is 0.647. The van der Waals surface area contributed by atoms with Crippen LogP contribution in [-0.4, -0.2) is 6.10 Å². The Labute approximate surface area is 116 Å². The molecular weight excluding hydrogens is 234 g/mol. The van der Waals surface area contributed by atoms with Crippen molar-refractivity contribution in [1.29, 1.82) is 0 Å². The van der Waals surface area contributed by atoms with Crippen LogP contribution in [0.1, 0.15) is 68.5 Å². The third-order valence-electron chi connectivity index (χ3n) is 4.58. The van der Waals surface area contributed by atoms with Gasteiger partial charge in [0.2, 0.25) is 0 Å². The molecule has 2 N–H and O–H groups in total. The van der Waals surface area contributed by atoms with Gasteiger partial charge in [0.25, 0.3) is 0 Å². The fourth-order valence-corrected chi connectivity index (χ4v) is 3.44. The van der Waals surface area contributed by atoms with E-state index in [-0.39, 0.29) is 6.04 Å². The van der Waals surface area contributed by atoms with Crippen LogP contribution in [-0.2, 0) is 6.42 Å². The van der Waals surface area contributed by atoms with Crippen molar-refractivity contribution in [3.8, 4) is 5.75 Å². The molecule has 0 heterocycles. The lowest BCUT2D eigenvalue weighted by molar-refractivity contribution is 0.183. The molecule has 19 heavy (non-hydrogen) atoms. The van der Waals surface area contributed by atoms with Gasteiger partial charge in [0.05, 0.1) is 6.10 Å². The summed E-state index contributed by atoms with van der Waals surface area (Å²) in [5.74, 6) is 1.03. The van der Waals surface area contributed by atoms with E-state index in [0.29, 0.717) is 6.10 Å². The summed E-state index contributed by atoms with van der Waals surface area (Å²) in [7, 11) is 0. The Morgan fingerprint density at radius 2 is 1.74 bits per heavy atom. The van der Waals surface area contributed by atoms with Crippen LogP contribution in [0.2, 0.25) is 0 Å². The fourth-order valence-electron chi connectivity index (χ4n) is 3.44. The summed E-state index contributed by atoms with van der Waals surface area (Å²) in [5.41, 5.74) is 8.96. The summed E-state index contributed by atoms with van der Waals surface area (Å²) in [6.45, 7) is 0. The van der Waals surface area contributed by atoms with Gasteiger partial charge in [-0.05, 0) is 68.2 Å². The van der Waals surface area contributed by atoms with E-state index in [1.807, 2.05) is 0 Å². The van der Waals surface area contributed by atoms with Crippen LogP contribution in [0.25, 0.3) is 0 Å². The first-order valence-electron chi connectivity index (χ1n) is 7.88. The number of fused-ring (bicyclic) bond motifs is 1. The molecule has 1 aromatic carbocycles. The molecule has 0 aliphatic heterocycles. The SMILES string of the molecule is N[C@@H]1CCCc2ccc(OC3CCCCCC3)cc21. The van der Waals surface area contributed by atoms with E-state index < -0.39 is 0 Å². The maximum absolute atomic E-state index is 6.22. The van der Waals surface area contributed by atoms with Gasteiger partial charge >= 0.3 is 0 Å². The molecule has 0 radical (unpaired) electrons. The summed E-state index contributed by atoms with van der Waals surface area (Å²) >= 11 is 0. The standard InChI is InChI=1S/C17H25NO/c18-17-9-5-6-13-10-11-15(12-16(13)17)19-14-7-3-1-2-4-8-14/h10-12,14,17H,1-9,18H2/t17-/m1/s1. The van der Waals surface area contributed by atoms with Crippen molar-refractivity contribution in [2.24, 2.45) is 5.73 Å². The molecule has 2 heteroatoms. The van der Waals surface area contributed by atoms with Gasteiger partial charge in [0.15, 0.2) is 0 Å². The van der Waals surface area contributed by atoms with Crippen LogP contribution < -0.4 is 10.5 Å². The van der Waals surface area contributed by atoms with Crippen molar-refractivity contribution in [2.45, 2.75) is 69.9 Å². The Balaban J connectivity index is 1.72. The highest BCUT2D eigenvalue weighted by Gasteiger charge is 2.19. The van der Waals surface area contributed by atoms with Crippen LogP contribution in [0.15, 0.2) is 18.2 Å². The molecule has 0 aromatic heterocycles. The third kappa shape index (κ3) is 3.11. The van der Waals surface area contributed by atoms with Crippen molar-refractivity contribution in [2.75, 3.05) is 0 Å². The minimum atomic E-state index is 0.210. The van der Waals surface area contributed by atoms with Gasteiger partial charge in [-0.2, -0.15) is 0 Å². The molecule has 2 aliphatic carbocycles. The van der Waals surface area contributed by atoms with Crippen molar-refractivity contribution in [1.82, 2.24) is 0 Å². The molecule has 0 saturated heterocycles. The molecule has 2 aliphatic rings. The number of aryl methyl sites for hydroxylation is 1. The van der Waals surface area contributed by atoms with Gasteiger partial charge in [0.1, 0.15) is 5.75 Å². The van der Waals surface area contributed by atoms with Gasteiger partial charge in [0, 0.05) is 6.04 Å². The zero-order chi connectivity index (χ0) is 13.1. The molecule has 0 bridgehead atoms. The molecule has 1 saturated carbocycles. The number of hydrogen-bond acceptors (Lipinski definition) is 2. The molecule has 3 rings (SSSR count). The minimum absolute atomic E-state index is 0.210. The minimum Gasteiger partial charge on any atom is -0.490 e. The van der Waals surface area contributed by atoms with Crippen LogP contribution in [0, 0.1) is 0 Å². The maximum atomic E-state index is 6.22. The van der Waals surface area contributed by atoms with E-state index in [1.54, 1.807) is 0 Å². The van der Waals surface area contributed by atoms with E-state index in [9.17, 15) is 0 Å². The van der Waals surface area contributed by atoms with E-state index >= 15 is 0 Å². The number of ether oxygens (including phenoxy) is 1. The van der Waals surface area contributed by atoms with Crippen LogP contribution >= 0.6 is 0 Å². The Morgan fingerprint density at radius 1 is 0.947 bits per heavy atom. The van der Waals surface area contributed by atoms with Gasteiger partial charge in [-0.1, -0.05) is 18.9 Å². The second-order valence-corrected chi connectivity index (χ2v) is 6.09. The van der Waals surface area contributed by atoms with Crippen LogP contribution in [0.3, 0.4) is 0 Å². The highest BCUT2D eigenvalue weighted by atomic mass is 16.5. The van der Waals surface area contributed by atoms with Crippen molar-refractivity contribution < 1.29 is 4.74 Å². The number of hydrogen-bond donors (Lipinski definition) is 1. The second kappa shape index (κ2) is 5.96. The first-order valence-corrected chi connectivity index (χ1v) is 7.88. The zero-order valence-electron chi connectivity index (χ0n) is 11.7. The van der Waals surface area contributed by atoms with Crippen molar-refractivity contribution in [3.05, 3.63) is 29.3 Å². The maximum Gasteiger partial charge on any atom is 0.120 e. The van der Waals surface area contributed by atoms with Crippen LogP contribution in [0.5, 0.6) is 5.75 Å². The molecule has 0 unspecified atom stereocenters. The number of rotatable bonds is 2. The quantitative estimate of drug-likeness (QED) is 0.811. The average Bonchev–Trinajstić information content (AvgIpc) is 2.68. The molecule has 104 valence electrons. The van der Waals surface area contributed by atoms with Gasteiger partial charge in [-0.25, -0.2) is 0 Å². The molecule has 0 amide bonds. The first kappa shape index (κ1) is 13.0. The summed E-state index contributed by atoms with van der Waals surface area (Å²) in [4.78, 5) is 0. The number of benzene rings is 1. The highest BCUT2D eigenvalue weighted by Crippen LogP contribution is 2.32. The number of nitrogens with two attached hydrogens (primary N) is 1. The Bertz CT molecular complexity index is 421. The lowest BCUT2D eigenvalue weighted by atomic mass is 9.88. The average molecular weight is 259 g/mol. The molecular formula is C17H25NO. The summed E-state index contributed by atoms with van der Waals surface area (Å²) < 4.78 is 6.19. The summed E-state index contributed by atoms with van der Waals surface area (Å²) in [6.07, 6.45) is 11.7. The second-order valence-electron chi connectivity index (χ2n) is 6.09.